The van der Waals surface area contributed by atoms with Crippen molar-refractivity contribution in [2.24, 2.45) is 5.16 Å². The highest BCUT2D eigenvalue weighted by atomic mass is 16.7. The molecule has 0 atom stereocenters. The molecule has 0 spiro atoms. The zero-order valence-corrected chi connectivity index (χ0v) is 7.59. The van der Waals surface area contributed by atoms with Gasteiger partial charge in [0.05, 0.1) is 5.71 Å². The lowest BCUT2D eigenvalue weighted by Crippen LogP contribution is -2.00. The van der Waals surface area contributed by atoms with Crippen molar-refractivity contribution in [3.63, 3.8) is 0 Å². The SMILES string of the molecule is CC(=O)CCC(C)=NOC(C)=O. The minimum Gasteiger partial charge on any atom is -0.319 e. The van der Waals surface area contributed by atoms with Crippen molar-refractivity contribution in [2.75, 3.05) is 0 Å². The fourth-order valence-electron chi connectivity index (χ4n) is 0.545. The number of Topliss-reactive ketones (excluding diaryl/α,β-unsaturated/α-hetero) is 1. The van der Waals surface area contributed by atoms with E-state index < -0.39 is 5.97 Å². The van der Waals surface area contributed by atoms with Gasteiger partial charge < -0.3 is 9.63 Å². The Balaban J connectivity index is 3.70. The third-order valence-corrected chi connectivity index (χ3v) is 1.17. The van der Waals surface area contributed by atoms with E-state index in [1.165, 1.54) is 13.8 Å². The summed E-state index contributed by atoms with van der Waals surface area (Å²) in [6.07, 6.45) is 0.985. The summed E-state index contributed by atoms with van der Waals surface area (Å²) in [7, 11) is 0. The Morgan fingerprint density at radius 2 is 1.75 bits per heavy atom. The molecule has 0 aromatic heterocycles. The molecule has 0 aliphatic carbocycles. The molecular weight excluding hydrogens is 158 g/mol. The maximum absolute atomic E-state index is 10.5. The van der Waals surface area contributed by atoms with Gasteiger partial charge >= 0.3 is 5.97 Å². The van der Waals surface area contributed by atoms with Crippen molar-refractivity contribution in [3.8, 4) is 0 Å². The Morgan fingerprint density at radius 3 is 2.17 bits per heavy atom. The summed E-state index contributed by atoms with van der Waals surface area (Å²) in [5, 5.41) is 3.51. The minimum absolute atomic E-state index is 0.104. The van der Waals surface area contributed by atoms with Gasteiger partial charge in [0, 0.05) is 13.3 Å². The number of hydrogen-bond acceptors (Lipinski definition) is 4. The van der Waals surface area contributed by atoms with Crippen LogP contribution >= 0.6 is 0 Å². The van der Waals surface area contributed by atoms with Gasteiger partial charge in [0.25, 0.3) is 0 Å². The monoisotopic (exact) mass is 171 g/mol. The number of ketones is 1. The minimum atomic E-state index is -0.447. The van der Waals surface area contributed by atoms with Crippen LogP contribution in [0.4, 0.5) is 0 Å². The molecule has 0 aromatic rings. The van der Waals surface area contributed by atoms with E-state index in [-0.39, 0.29) is 5.78 Å². The predicted octanol–water partition coefficient (Wildman–Crippen LogP) is 1.29. The van der Waals surface area contributed by atoms with E-state index in [0.717, 1.165) is 0 Å². The number of hydrogen-bond donors (Lipinski definition) is 0. The first-order valence-corrected chi connectivity index (χ1v) is 3.73. The van der Waals surface area contributed by atoms with Crippen LogP contribution in [0.5, 0.6) is 0 Å². The van der Waals surface area contributed by atoms with E-state index in [9.17, 15) is 9.59 Å². The van der Waals surface area contributed by atoms with Crippen molar-refractivity contribution < 1.29 is 14.4 Å². The van der Waals surface area contributed by atoms with Gasteiger partial charge in [0.2, 0.25) is 0 Å². The van der Waals surface area contributed by atoms with Gasteiger partial charge in [-0.3, -0.25) is 0 Å². The van der Waals surface area contributed by atoms with Crippen molar-refractivity contribution in [1.29, 1.82) is 0 Å². The third-order valence-electron chi connectivity index (χ3n) is 1.17. The quantitative estimate of drug-likeness (QED) is 0.364. The molecule has 68 valence electrons. The maximum Gasteiger partial charge on any atom is 0.331 e. The number of carbonyl (C=O) groups is 2. The summed E-state index contributed by atoms with van der Waals surface area (Å²) >= 11 is 0. The van der Waals surface area contributed by atoms with Gasteiger partial charge in [-0.15, -0.1) is 0 Å². The van der Waals surface area contributed by atoms with Gasteiger partial charge in [0.1, 0.15) is 5.78 Å². The molecule has 0 fully saturated rings. The van der Waals surface area contributed by atoms with E-state index in [0.29, 0.717) is 18.6 Å². The first-order chi connectivity index (χ1) is 5.52. The fourth-order valence-corrected chi connectivity index (χ4v) is 0.545. The molecule has 0 aromatic carbocycles. The summed E-state index contributed by atoms with van der Waals surface area (Å²) in [6, 6.07) is 0. The summed E-state index contributed by atoms with van der Waals surface area (Å²) in [4.78, 5) is 25.2. The molecule has 0 heterocycles. The molecule has 4 nitrogen and oxygen atoms in total. The zero-order valence-electron chi connectivity index (χ0n) is 7.59. The second kappa shape index (κ2) is 5.46. The molecule has 0 radical (unpaired) electrons. The van der Waals surface area contributed by atoms with Gasteiger partial charge in [-0.05, 0) is 20.3 Å². The van der Waals surface area contributed by atoms with Gasteiger partial charge in [-0.25, -0.2) is 4.79 Å². The third kappa shape index (κ3) is 6.92. The Labute approximate surface area is 71.6 Å². The normalized spacial score (nSPS) is 11.1. The molecule has 12 heavy (non-hydrogen) atoms. The van der Waals surface area contributed by atoms with E-state index in [2.05, 4.69) is 9.99 Å². The zero-order chi connectivity index (χ0) is 9.56. The Kier molecular flexibility index (Phi) is 4.92. The fraction of sp³-hybridized carbons (Fsp3) is 0.625. The standard InChI is InChI=1S/C8H13NO3/c1-6(4-5-7(2)10)9-12-8(3)11/h4-5H2,1-3H3. The first-order valence-electron chi connectivity index (χ1n) is 3.73. The lowest BCUT2D eigenvalue weighted by molar-refractivity contribution is -0.140. The number of nitrogens with zero attached hydrogens (tertiary/aromatic N) is 1. The summed E-state index contributed by atoms with van der Waals surface area (Å²) in [6.45, 7) is 4.51. The molecule has 0 bridgehead atoms. The van der Waals surface area contributed by atoms with Crippen LogP contribution in [0.1, 0.15) is 33.6 Å². The highest BCUT2D eigenvalue weighted by Gasteiger charge is 1.97. The average molecular weight is 171 g/mol. The molecule has 0 rings (SSSR count). The number of rotatable bonds is 4. The summed E-state index contributed by atoms with van der Waals surface area (Å²) in [5.41, 5.74) is 0.653. The molecule has 0 saturated heterocycles. The largest absolute Gasteiger partial charge is 0.331 e. The van der Waals surface area contributed by atoms with Gasteiger partial charge in [-0.1, -0.05) is 5.16 Å². The van der Waals surface area contributed by atoms with Crippen molar-refractivity contribution in [3.05, 3.63) is 0 Å². The highest BCUT2D eigenvalue weighted by molar-refractivity contribution is 5.86. The predicted molar refractivity (Wildman–Crippen MR) is 44.8 cm³/mol. The summed E-state index contributed by atoms with van der Waals surface area (Å²) < 4.78 is 0. The Hall–Kier alpha value is -1.19. The molecule has 0 aliphatic heterocycles. The van der Waals surface area contributed by atoms with Gasteiger partial charge in [0.15, 0.2) is 0 Å². The average Bonchev–Trinajstić information content (AvgIpc) is 1.96. The summed E-state index contributed by atoms with van der Waals surface area (Å²) in [5.74, 6) is -0.343. The number of carbonyl (C=O) groups excluding carboxylic acids is 2. The van der Waals surface area contributed by atoms with E-state index in [4.69, 9.17) is 0 Å². The molecular formula is C8H13NO3. The van der Waals surface area contributed by atoms with E-state index in [1.807, 2.05) is 0 Å². The van der Waals surface area contributed by atoms with Crippen molar-refractivity contribution >= 4 is 17.5 Å². The second-order valence-corrected chi connectivity index (χ2v) is 2.61. The van der Waals surface area contributed by atoms with Crippen LogP contribution < -0.4 is 0 Å². The smallest absolute Gasteiger partial charge is 0.319 e. The highest BCUT2D eigenvalue weighted by Crippen LogP contribution is 1.94. The molecule has 0 aliphatic rings. The van der Waals surface area contributed by atoms with Crippen LogP contribution in [0.2, 0.25) is 0 Å². The van der Waals surface area contributed by atoms with Crippen molar-refractivity contribution in [2.45, 2.75) is 33.6 Å². The Morgan fingerprint density at radius 1 is 1.17 bits per heavy atom. The topological polar surface area (TPSA) is 55.7 Å². The van der Waals surface area contributed by atoms with Crippen LogP contribution in [-0.2, 0) is 14.4 Å². The number of oxime groups is 1. The lowest BCUT2D eigenvalue weighted by Gasteiger charge is -1.96. The van der Waals surface area contributed by atoms with Gasteiger partial charge in [-0.2, -0.15) is 0 Å². The lowest BCUT2D eigenvalue weighted by atomic mass is 10.2. The van der Waals surface area contributed by atoms with E-state index in [1.54, 1.807) is 6.92 Å². The molecule has 0 unspecified atom stereocenters. The second-order valence-electron chi connectivity index (χ2n) is 2.61. The van der Waals surface area contributed by atoms with Crippen LogP contribution in [0.15, 0.2) is 5.16 Å². The van der Waals surface area contributed by atoms with Crippen LogP contribution in [0.25, 0.3) is 0 Å². The van der Waals surface area contributed by atoms with Crippen molar-refractivity contribution in [1.82, 2.24) is 0 Å². The molecule has 4 heteroatoms. The van der Waals surface area contributed by atoms with Crippen LogP contribution in [-0.4, -0.2) is 17.5 Å². The first kappa shape index (κ1) is 10.8. The molecule has 0 N–H and O–H groups in total. The van der Waals surface area contributed by atoms with E-state index >= 15 is 0 Å². The molecule has 0 saturated carbocycles. The van der Waals surface area contributed by atoms with Crippen LogP contribution in [0, 0.1) is 0 Å². The Bertz CT molecular complexity index is 208. The molecule has 0 amide bonds. The van der Waals surface area contributed by atoms with Crippen LogP contribution in [0.3, 0.4) is 0 Å². The maximum atomic E-state index is 10.5.